The second kappa shape index (κ2) is 17.5. The molecule has 3 amide bonds. The predicted octanol–water partition coefficient (Wildman–Crippen LogP) is 7.94. The lowest BCUT2D eigenvalue weighted by Crippen LogP contribution is -2.42. The molecule has 3 aromatic carbocycles. The zero-order chi connectivity index (χ0) is 36.5. The fraction of sp³-hybridized carbons (Fsp3) is 0.439. The van der Waals surface area contributed by atoms with E-state index in [2.05, 4.69) is 54.5 Å². The molecule has 3 unspecified atom stereocenters. The lowest BCUT2D eigenvalue weighted by molar-refractivity contribution is -0.0403. The molecule has 0 radical (unpaired) electrons. The highest BCUT2D eigenvalue weighted by Crippen LogP contribution is 2.35. The summed E-state index contributed by atoms with van der Waals surface area (Å²) in [5, 5.41) is 23.1. The van der Waals surface area contributed by atoms with Crippen molar-refractivity contribution in [2.24, 2.45) is 0 Å². The first-order valence-electron chi connectivity index (χ1n) is 18.4. The minimum absolute atomic E-state index is 0.0837. The van der Waals surface area contributed by atoms with Crippen molar-refractivity contribution >= 4 is 17.6 Å². The molecule has 1 aliphatic heterocycles. The molecule has 1 aliphatic rings. The van der Waals surface area contributed by atoms with Gasteiger partial charge in [-0.15, -0.1) is 0 Å². The summed E-state index contributed by atoms with van der Waals surface area (Å²) in [6.45, 7) is 12.2. The standard InChI is InChI=1S/C41H54N6O4/c1-7-10-21-45(22-11-8-2)40(49)37-23-28(4)47(44-37)38-20-19-33(43-41(50)42-29(5)30-17-14-18-35(25-30)51-6)26-36(38)39(48)46-27-32-16-13-12-15-31(32)24-34(46)9-3/h12-20,23,25-26,29,34,39,48H,7-11,21-22,24,27H2,1-6H3,(H2,42,43,50). The molecular formula is C41H54N6O4. The summed E-state index contributed by atoms with van der Waals surface area (Å²) in [5.41, 5.74) is 6.32. The van der Waals surface area contributed by atoms with Crippen LogP contribution in [0.25, 0.3) is 5.69 Å². The van der Waals surface area contributed by atoms with Gasteiger partial charge in [-0.3, -0.25) is 9.69 Å². The number of unbranched alkanes of at least 4 members (excludes halogenated alkanes) is 2. The molecule has 1 aromatic heterocycles. The first kappa shape index (κ1) is 37.6. The van der Waals surface area contributed by atoms with E-state index >= 15 is 0 Å². The zero-order valence-corrected chi connectivity index (χ0v) is 31.0. The summed E-state index contributed by atoms with van der Waals surface area (Å²) >= 11 is 0. The van der Waals surface area contributed by atoms with E-state index in [1.54, 1.807) is 11.8 Å². The topological polar surface area (TPSA) is 112 Å². The maximum absolute atomic E-state index is 13.8. The lowest BCUT2D eigenvalue weighted by atomic mass is 9.91. The number of hydrogen-bond acceptors (Lipinski definition) is 6. The Labute approximate surface area is 302 Å². The second-order valence-corrected chi connectivity index (χ2v) is 13.5. The molecule has 272 valence electrons. The Hall–Kier alpha value is -4.67. The van der Waals surface area contributed by atoms with Gasteiger partial charge < -0.3 is 25.4 Å². The number of urea groups is 1. The first-order valence-corrected chi connectivity index (χ1v) is 18.4. The molecule has 51 heavy (non-hydrogen) atoms. The van der Waals surface area contributed by atoms with E-state index in [0.29, 0.717) is 42.3 Å². The monoisotopic (exact) mass is 694 g/mol. The number of methoxy groups -OCH3 is 1. The predicted molar refractivity (Wildman–Crippen MR) is 202 cm³/mol. The van der Waals surface area contributed by atoms with E-state index in [1.807, 2.05) is 73.3 Å². The number of nitrogens with zero attached hydrogens (tertiary/aromatic N) is 4. The van der Waals surface area contributed by atoms with E-state index < -0.39 is 6.23 Å². The van der Waals surface area contributed by atoms with Gasteiger partial charge in [0.1, 0.15) is 12.0 Å². The zero-order valence-electron chi connectivity index (χ0n) is 31.0. The van der Waals surface area contributed by atoms with E-state index in [4.69, 9.17) is 9.84 Å². The number of aliphatic hydroxyl groups is 1. The van der Waals surface area contributed by atoms with Crippen molar-refractivity contribution in [2.45, 2.75) is 98.0 Å². The van der Waals surface area contributed by atoms with Gasteiger partial charge in [0, 0.05) is 42.6 Å². The number of aliphatic hydroxyl groups excluding tert-OH is 1. The third-order valence-electron chi connectivity index (χ3n) is 9.87. The molecule has 2 heterocycles. The third-order valence-corrected chi connectivity index (χ3v) is 9.87. The van der Waals surface area contributed by atoms with E-state index in [-0.39, 0.29) is 24.0 Å². The van der Waals surface area contributed by atoms with Gasteiger partial charge in [-0.2, -0.15) is 5.10 Å². The maximum atomic E-state index is 13.8. The summed E-state index contributed by atoms with van der Waals surface area (Å²) in [6.07, 6.45) is 4.55. The molecule has 0 fully saturated rings. The van der Waals surface area contributed by atoms with Gasteiger partial charge in [0.25, 0.3) is 5.91 Å². The van der Waals surface area contributed by atoms with E-state index in [1.165, 1.54) is 11.1 Å². The molecule has 3 N–H and O–H groups in total. The number of ether oxygens (including phenoxy) is 1. The summed E-state index contributed by atoms with van der Waals surface area (Å²) in [6, 6.07) is 22.7. The summed E-state index contributed by atoms with van der Waals surface area (Å²) < 4.78 is 7.10. The quantitative estimate of drug-likeness (QED) is 0.117. The van der Waals surface area contributed by atoms with Gasteiger partial charge in [0.2, 0.25) is 0 Å². The molecule has 0 spiro atoms. The average molecular weight is 695 g/mol. The number of aryl methyl sites for hydroxylation is 1. The van der Waals surface area contributed by atoms with Crippen molar-refractivity contribution in [3.05, 3.63) is 106 Å². The molecule has 0 saturated heterocycles. The van der Waals surface area contributed by atoms with Crippen LogP contribution in [0.3, 0.4) is 0 Å². The number of hydrogen-bond donors (Lipinski definition) is 3. The Kier molecular flexibility index (Phi) is 12.9. The molecule has 10 nitrogen and oxygen atoms in total. The minimum atomic E-state index is -1.01. The Morgan fingerprint density at radius 3 is 2.39 bits per heavy atom. The SMILES string of the molecule is CCCCN(CCCC)C(=O)c1cc(C)n(-c2ccc(NC(=O)NC(C)c3cccc(OC)c3)cc2C(O)N2Cc3ccccc3CC2CC)n1. The fourth-order valence-corrected chi connectivity index (χ4v) is 6.84. The van der Waals surface area contributed by atoms with Crippen molar-refractivity contribution in [1.29, 1.82) is 0 Å². The van der Waals surface area contributed by atoms with Crippen molar-refractivity contribution < 1.29 is 19.4 Å². The van der Waals surface area contributed by atoms with Crippen LogP contribution in [0.4, 0.5) is 10.5 Å². The molecule has 10 heteroatoms. The summed E-state index contributed by atoms with van der Waals surface area (Å²) in [4.78, 5) is 31.1. The first-order chi connectivity index (χ1) is 24.7. The van der Waals surface area contributed by atoms with Crippen LogP contribution in [-0.2, 0) is 13.0 Å². The van der Waals surface area contributed by atoms with Crippen LogP contribution in [0.1, 0.15) is 111 Å². The van der Waals surface area contributed by atoms with Crippen molar-refractivity contribution in [3.8, 4) is 11.4 Å². The molecule has 0 aliphatic carbocycles. The number of rotatable bonds is 15. The normalized spacial score (nSPS) is 15.5. The molecule has 5 rings (SSSR count). The average Bonchev–Trinajstić information content (AvgIpc) is 3.54. The fourth-order valence-electron chi connectivity index (χ4n) is 6.84. The lowest BCUT2D eigenvalue weighted by Gasteiger charge is -2.40. The second-order valence-electron chi connectivity index (χ2n) is 13.5. The largest absolute Gasteiger partial charge is 0.497 e. The highest BCUT2D eigenvalue weighted by molar-refractivity contribution is 5.92. The number of amides is 3. The Balaban J connectivity index is 1.48. The van der Waals surface area contributed by atoms with Crippen LogP contribution in [0, 0.1) is 6.92 Å². The number of fused-ring (bicyclic) bond motifs is 1. The summed E-state index contributed by atoms with van der Waals surface area (Å²) in [7, 11) is 1.62. The van der Waals surface area contributed by atoms with Gasteiger partial charge in [0.05, 0.1) is 18.8 Å². The van der Waals surface area contributed by atoms with Gasteiger partial charge in [0.15, 0.2) is 5.69 Å². The van der Waals surface area contributed by atoms with Crippen LogP contribution in [0.5, 0.6) is 5.75 Å². The van der Waals surface area contributed by atoms with Gasteiger partial charge in [-0.25, -0.2) is 9.48 Å². The Bertz CT molecular complexity index is 1780. The molecule has 0 bridgehead atoms. The van der Waals surface area contributed by atoms with Gasteiger partial charge >= 0.3 is 6.03 Å². The number of aromatic nitrogens is 2. The van der Waals surface area contributed by atoms with Gasteiger partial charge in [-0.05, 0) is 92.6 Å². The van der Waals surface area contributed by atoms with Crippen LogP contribution in [0.15, 0.2) is 72.8 Å². The summed E-state index contributed by atoms with van der Waals surface area (Å²) in [5.74, 6) is 0.634. The van der Waals surface area contributed by atoms with Crippen LogP contribution < -0.4 is 15.4 Å². The van der Waals surface area contributed by atoms with Crippen molar-refractivity contribution in [1.82, 2.24) is 24.9 Å². The van der Waals surface area contributed by atoms with Gasteiger partial charge in [-0.1, -0.05) is 70.0 Å². The number of benzene rings is 3. The van der Waals surface area contributed by atoms with Crippen LogP contribution in [0.2, 0.25) is 0 Å². The molecule has 0 saturated carbocycles. The molecule has 3 atom stereocenters. The van der Waals surface area contributed by atoms with Crippen LogP contribution in [-0.4, -0.2) is 62.9 Å². The Morgan fingerprint density at radius 2 is 1.71 bits per heavy atom. The van der Waals surface area contributed by atoms with Crippen molar-refractivity contribution in [2.75, 3.05) is 25.5 Å². The minimum Gasteiger partial charge on any atom is -0.497 e. The smallest absolute Gasteiger partial charge is 0.319 e. The highest BCUT2D eigenvalue weighted by atomic mass is 16.5. The number of carbonyl (C=O) groups is 2. The molecular weight excluding hydrogens is 640 g/mol. The van der Waals surface area contributed by atoms with Crippen molar-refractivity contribution in [3.63, 3.8) is 0 Å². The van der Waals surface area contributed by atoms with Crippen LogP contribution >= 0.6 is 0 Å². The van der Waals surface area contributed by atoms with E-state index in [9.17, 15) is 14.7 Å². The third kappa shape index (κ3) is 8.98. The van der Waals surface area contributed by atoms with E-state index in [0.717, 1.165) is 55.5 Å². The highest BCUT2D eigenvalue weighted by Gasteiger charge is 2.32. The number of carbonyl (C=O) groups excluding carboxylic acids is 2. The number of anilines is 1. The maximum Gasteiger partial charge on any atom is 0.319 e. The Morgan fingerprint density at radius 1 is 0.980 bits per heavy atom. The number of nitrogens with one attached hydrogen (secondary N) is 2. The molecule has 4 aromatic rings.